The lowest BCUT2D eigenvalue weighted by Crippen LogP contribution is -2.56. The molecule has 0 spiro atoms. The second-order valence-corrected chi connectivity index (χ2v) is 5.48. The van der Waals surface area contributed by atoms with E-state index >= 15 is 0 Å². The zero-order valence-electron chi connectivity index (χ0n) is 11.6. The average Bonchev–Trinajstić information content (AvgIpc) is 2.34. The van der Waals surface area contributed by atoms with Crippen molar-refractivity contribution in [2.24, 2.45) is 0 Å². The zero-order valence-corrected chi connectivity index (χ0v) is 11.6. The van der Waals surface area contributed by atoms with Crippen molar-refractivity contribution < 1.29 is 9.90 Å². The summed E-state index contributed by atoms with van der Waals surface area (Å²) in [4.78, 5) is 15.6. The van der Waals surface area contributed by atoms with Crippen LogP contribution < -0.4 is 0 Å². The summed E-state index contributed by atoms with van der Waals surface area (Å²) < 4.78 is 0. The van der Waals surface area contributed by atoms with Crippen LogP contribution in [0.5, 0.6) is 0 Å². The van der Waals surface area contributed by atoms with Crippen molar-refractivity contribution in [3.8, 4) is 0 Å². The minimum atomic E-state index is -0.717. The van der Waals surface area contributed by atoms with Gasteiger partial charge in [-0.15, -0.1) is 0 Å². The summed E-state index contributed by atoms with van der Waals surface area (Å²) in [6, 6.07) is 10.7. The molecule has 1 aromatic rings. The molecule has 1 fully saturated rings. The van der Waals surface area contributed by atoms with Gasteiger partial charge in [0.25, 0.3) is 0 Å². The molecule has 0 bridgehead atoms. The molecule has 1 saturated heterocycles. The predicted molar refractivity (Wildman–Crippen MR) is 75.0 cm³/mol. The van der Waals surface area contributed by atoms with E-state index in [0.717, 1.165) is 19.6 Å². The summed E-state index contributed by atoms with van der Waals surface area (Å²) in [7, 11) is 2.06. The molecule has 0 aliphatic carbocycles. The normalized spacial score (nSPS) is 25.4. The minimum Gasteiger partial charge on any atom is -0.481 e. The first kappa shape index (κ1) is 14.0. The van der Waals surface area contributed by atoms with Crippen molar-refractivity contribution in [3.05, 3.63) is 35.9 Å². The van der Waals surface area contributed by atoms with Crippen molar-refractivity contribution in [2.45, 2.75) is 32.0 Å². The third kappa shape index (κ3) is 3.78. The van der Waals surface area contributed by atoms with Crippen molar-refractivity contribution >= 4 is 5.97 Å². The van der Waals surface area contributed by atoms with E-state index in [9.17, 15) is 4.79 Å². The van der Waals surface area contributed by atoms with E-state index in [0.29, 0.717) is 6.04 Å². The fourth-order valence-corrected chi connectivity index (χ4v) is 2.92. The Morgan fingerprint density at radius 3 is 2.63 bits per heavy atom. The highest BCUT2D eigenvalue weighted by molar-refractivity contribution is 5.67. The van der Waals surface area contributed by atoms with Gasteiger partial charge < -0.3 is 10.0 Å². The maximum absolute atomic E-state index is 11.0. The Kier molecular flexibility index (Phi) is 4.56. The lowest BCUT2D eigenvalue weighted by Gasteiger charge is -2.44. The van der Waals surface area contributed by atoms with Gasteiger partial charge in [0, 0.05) is 31.7 Å². The molecule has 0 radical (unpaired) electrons. The van der Waals surface area contributed by atoms with Crippen molar-refractivity contribution in [3.63, 3.8) is 0 Å². The highest BCUT2D eigenvalue weighted by atomic mass is 16.4. The third-order valence-corrected chi connectivity index (χ3v) is 3.75. The van der Waals surface area contributed by atoms with Gasteiger partial charge in [-0.05, 0) is 19.5 Å². The molecule has 0 saturated carbocycles. The summed E-state index contributed by atoms with van der Waals surface area (Å²) in [5.41, 5.74) is 1.24. The number of likely N-dealkylation sites (N-methyl/N-ethyl adjacent to an activating group) is 1. The summed E-state index contributed by atoms with van der Waals surface area (Å²) in [5, 5.41) is 9.08. The molecule has 0 aromatic heterocycles. The van der Waals surface area contributed by atoms with Crippen LogP contribution in [0.25, 0.3) is 0 Å². The molecule has 1 aliphatic heterocycles. The molecular formula is C15H22N2O2. The van der Waals surface area contributed by atoms with E-state index in [1.165, 1.54) is 5.56 Å². The molecular weight excluding hydrogens is 240 g/mol. The number of carbonyl (C=O) groups is 1. The van der Waals surface area contributed by atoms with Crippen LogP contribution in [0.1, 0.15) is 18.9 Å². The Morgan fingerprint density at radius 1 is 1.32 bits per heavy atom. The SMILES string of the molecule is C[C@@H]1CN(C)C[C@@H](CC(=O)O)N1Cc1ccccc1. The van der Waals surface area contributed by atoms with Crippen LogP contribution in [0.3, 0.4) is 0 Å². The van der Waals surface area contributed by atoms with E-state index in [-0.39, 0.29) is 12.5 Å². The van der Waals surface area contributed by atoms with E-state index in [2.05, 4.69) is 35.9 Å². The van der Waals surface area contributed by atoms with Gasteiger partial charge in [0.2, 0.25) is 0 Å². The van der Waals surface area contributed by atoms with Crippen molar-refractivity contribution in [1.29, 1.82) is 0 Å². The number of hydrogen-bond donors (Lipinski definition) is 1. The molecule has 1 N–H and O–H groups in total. The maximum Gasteiger partial charge on any atom is 0.304 e. The number of hydrogen-bond acceptors (Lipinski definition) is 3. The number of benzene rings is 1. The first-order valence-electron chi connectivity index (χ1n) is 6.76. The van der Waals surface area contributed by atoms with Gasteiger partial charge in [-0.3, -0.25) is 9.69 Å². The van der Waals surface area contributed by atoms with Crippen LogP contribution in [0.2, 0.25) is 0 Å². The second kappa shape index (κ2) is 6.17. The number of carboxylic acids is 1. The van der Waals surface area contributed by atoms with Crippen LogP contribution >= 0.6 is 0 Å². The molecule has 2 rings (SSSR count). The largest absolute Gasteiger partial charge is 0.481 e. The number of nitrogens with zero attached hydrogens (tertiary/aromatic N) is 2. The first-order chi connectivity index (χ1) is 9.06. The van der Waals surface area contributed by atoms with Crippen LogP contribution in [0.15, 0.2) is 30.3 Å². The summed E-state index contributed by atoms with van der Waals surface area (Å²) >= 11 is 0. The molecule has 1 aromatic carbocycles. The zero-order chi connectivity index (χ0) is 13.8. The highest BCUT2D eigenvalue weighted by Gasteiger charge is 2.31. The molecule has 1 heterocycles. The number of rotatable bonds is 4. The third-order valence-electron chi connectivity index (χ3n) is 3.75. The summed E-state index contributed by atoms with van der Waals surface area (Å²) in [6.07, 6.45) is 0.210. The highest BCUT2D eigenvalue weighted by Crippen LogP contribution is 2.20. The Hall–Kier alpha value is -1.39. The maximum atomic E-state index is 11.0. The van der Waals surface area contributed by atoms with Gasteiger partial charge in [0.1, 0.15) is 0 Å². The summed E-state index contributed by atoms with van der Waals surface area (Å²) in [5.74, 6) is -0.717. The average molecular weight is 262 g/mol. The fourth-order valence-electron chi connectivity index (χ4n) is 2.92. The topological polar surface area (TPSA) is 43.8 Å². The van der Waals surface area contributed by atoms with Crippen LogP contribution in [0.4, 0.5) is 0 Å². The number of aliphatic carboxylic acids is 1. The second-order valence-electron chi connectivity index (χ2n) is 5.48. The number of piperazine rings is 1. The van der Waals surface area contributed by atoms with E-state index in [1.54, 1.807) is 0 Å². The Labute approximate surface area is 114 Å². The molecule has 4 nitrogen and oxygen atoms in total. The Bertz CT molecular complexity index is 421. The van der Waals surface area contributed by atoms with Gasteiger partial charge >= 0.3 is 5.97 Å². The monoisotopic (exact) mass is 262 g/mol. The lowest BCUT2D eigenvalue weighted by molar-refractivity contribution is -0.139. The minimum absolute atomic E-state index is 0.0893. The van der Waals surface area contributed by atoms with Crippen LogP contribution in [-0.4, -0.2) is 53.1 Å². The molecule has 19 heavy (non-hydrogen) atoms. The van der Waals surface area contributed by atoms with E-state index in [1.807, 2.05) is 18.2 Å². The van der Waals surface area contributed by atoms with Gasteiger partial charge in [-0.25, -0.2) is 0 Å². The van der Waals surface area contributed by atoms with Crippen molar-refractivity contribution in [2.75, 3.05) is 20.1 Å². The smallest absolute Gasteiger partial charge is 0.304 e. The molecule has 4 heteroatoms. The predicted octanol–water partition coefficient (Wildman–Crippen LogP) is 1.67. The summed E-state index contributed by atoms with van der Waals surface area (Å²) in [6.45, 7) is 4.81. The molecule has 0 unspecified atom stereocenters. The van der Waals surface area contributed by atoms with Gasteiger partial charge in [0.05, 0.1) is 6.42 Å². The molecule has 1 aliphatic rings. The van der Waals surface area contributed by atoms with Gasteiger partial charge in [0.15, 0.2) is 0 Å². The fraction of sp³-hybridized carbons (Fsp3) is 0.533. The molecule has 0 amide bonds. The van der Waals surface area contributed by atoms with Crippen molar-refractivity contribution in [1.82, 2.24) is 9.80 Å². The number of carboxylic acid groups (broad SMARTS) is 1. The van der Waals surface area contributed by atoms with Gasteiger partial charge in [-0.2, -0.15) is 0 Å². The molecule has 104 valence electrons. The van der Waals surface area contributed by atoms with Crippen LogP contribution in [0, 0.1) is 0 Å². The molecule has 2 atom stereocenters. The Morgan fingerprint density at radius 2 is 2.00 bits per heavy atom. The standard InChI is InChI=1S/C15H22N2O2/c1-12-9-16(2)11-14(8-15(18)19)17(12)10-13-6-4-3-5-7-13/h3-7,12,14H,8-11H2,1-2H3,(H,18,19)/t12-,14-/m1/s1. The quantitative estimate of drug-likeness (QED) is 0.896. The van der Waals surface area contributed by atoms with Gasteiger partial charge in [-0.1, -0.05) is 30.3 Å². The first-order valence-corrected chi connectivity index (χ1v) is 6.76. The Balaban J connectivity index is 2.11. The van der Waals surface area contributed by atoms with E-state index in [4.69, 9.17) is 5.11 Å². The lowest BCUT2D eigenvalue weighted by atomic mass is 10.0. The van der Waals surface area contributed by atoms with E-state index < -0.39 is 5.97 Å². The van der Waals surface area contributed by atoms with Crippen LogP contribution in [-0.2, 0) is 11.3 Å².